The van der Waals surface area contributed by atoms with Crippen LogP contribution in [-0.4, -0.2) is 48.6 Å². The number of methoxy groups -OCH3 is 1. The third-order valence-electron chi connectivity index (χ3n) is 2.73. The van der Waals surface area contributed by atoms with E-state index in [4.69, 9.17) is 9.15 Å². The Morgan fingerprint density at radius 2 is 1.95 bits per heavy atom. The van der Waals surface area contributed by atoms with E-state index in [0.29, 0.717) is 17.5 Å². The summed E-state index contributed by atoms with van der Waals surface area (Å²) in [5, 5.41) is 8.75. The predicted molar refractivity (Wildman–Crippen MR) is 79.4 cm³/mol. The summed E-state index contributed by atoms with van der Waals surface area (Å²) < 4.78 is 10.7. The smallest absolute Gasteiger partial charge is 0.276 e. The predicted octanol–water partition coefficient (Wildman–Crippen LogP) is 2.32. The molecule has 20 heavy (non-hydrogen) atoms. The van der Waals surface area contributed by atoms with Gasteiger partial charge in [-0.15, -0.1) is 10.2 Å². The molecule has 0 atom stereocenters. The summed E-state index contributed by atoms with van der Waals surface area (Å²) in [6, 6.07) is 7.86. The van der Waals surface area contributed by atoms with Crippen LogP contribution in [0.2, 0.25) is 0 Å². The zero-order chi connectivity index (χ0) is 14.4. The van der Waals surface area contributed by atoms with Crippen LogP contribution in [0, 0.1) is 0 Å². The molecule has 1 aromatic carbocycles. The van der Waals surface area contributed by atoms with Crippen LogP contribution >= 0.6 is 11.8 Å². The Kier molecular flexibility index (Phi) is 5.43. The van der Waals surface area contributed by atoms with Crippen LogP contribution in [0.25, 0.3) is 0 Å². The Labute approximate surface area is 123 Å². The van der Waals surface area contributed by atoms with Gasteiger partial charge >= 0.3 is 0 Å². The van der Waals surface area contributed by atoms with Crippen molar-refractivity contribution < 1.29 is 9.15 Å². The quantitative estimate of drug-likeness (QED) is 0.730. The Morgan fingerprint density at radius 3 is 2.60 bits per heavy atom. The molecule has 0 spiro atoms. The van der Waals surface area contributed by atoms with Crippen molar-refractivity contribution in [1.82, 2.24) is 15.1 Å². The topological polar surface area (TPSA) is 51.4 Å². The molecule has 2 aromatic rings. The van der Waals surface area contributed by atoms with Gasteiger partial charge in [0.1, 0.15) is 5.75 Å². The maximum Gasteiger partial charge on any atom is 0.276 e. The van der Waals surface area contributed by atoms with Crippen LogP contribution in [0.3, 0.4) is 0 Å². The normalized spacial score (nSPS) is 11.0. The summed E-state index contributed by atoms with van der Waals surface area (Å²) in [4.78, 5) is 2.13. The first-order chi connectivity index (χ1) is 9.67. The zero-order valence-electron chi connectivity index (χ0n) is 12.0. The lowest BCUT2D eigenvalue weighted by Gasteiger charge is -2.06. The molecule has 1 aromatic heterocycles. The summed E-state index contributed by atoms with van der Waals surface area (Å²) in [5.74, 6) is 2.43. The fourth-order valence-corrected chi connectivity index (χ4v) is 2.49. The van der Waals surface area contributed by atoms with Crippen molar-refractivity contribution in [2.75, 3.05) is 33.5 Å². The Morgan fingerprint density at radius 1 is 1.20 bits per heavy atom. The average molecular weight is 293 g/mol. The van der Waals surface area contributed by atoms with Crippen molar-refractivity contribution in [3.05, 3.63) is 35.7 Å². The van der Waals surface area contributed by atoms with Crippen molar-refractivity contribution in [2.45, 2.75) is 11.6 Å². The van der Waals surface area contributed by atoms with Crippen LogP contribution in [-0.2, 0) is 6.42 Å². The number of rotatable bonds is 7. The summed E-state index contributed by atoms with van der Waals surface area (Å²) in [7, 11) is 5.75. The van der Waals surface area contributed by atoms with E-state index in [1.165, 1.54) is 0 Å². The standard InChI is InChI=1S/C14H19N3O2S/c1-17(2)8-9-20-14-16-15-13(19-14)10-11-4-6-12(18-3)7-5-11/h4-7H,8-10H2,1-3H3. The summed E-state index contributed by atoms with van der Waals surface area (Å²) in [5.41, 5.74) is 1.12. The molecule has 0 aliphatic carbocycles. The van der Waals surface area contributed by atoms with E-state index >= 15 is 0 Å². The van der Waals surface area contributed by atoms with Crippen LogP contribution < -0.4 is 4.74 Å². The van der Waals surface area contributed by atoms with E-state index in [-0.39, 0.29) is 0 Å². The van der Waals surface area contributed by atoms with Gasteiger partial charge in [0.25, 0.3) is 5.22 Å². The van der Waals surface area contributed by atoms with E-state index in [1.54, 1.807) is 18.9 Å². The highest BCUT2D eigenvalue weighted by molar-refractivity contribution is 7.99. The van der Waals surface area contributed by atoms with Crippen LogP contribution in [0.5, 0.6) is 5.75 Å². The first kappa shape index (κ1) is 14.9. The van der Waals surface area contributed by atoms with Crippen LogP contribution in [0.4, 0.5) is 0 Å². The third-order valence-corrected chi connectivity index (χ3v) is 3.53. The first-order valence-corrected chi connectivity index (χ1v) is 7.39. The maximum atomic E-state index is 5.62. The average Bonchev–Trinajstić information content (AvgIpc) is 2.87. The molecule has 0 saturated heterocycles. The molecule has 5 nitrogen and oxygen atoms in total. The molecule has 108 valence electrons. The highest BCUT2D eigenvalue weighted by Crippen LogP contribution is 2.18. The number of hydrogen-bond acceptors (Lipinski definition) is 6. The Balaban J connectivity index is 1.88. The Bertz CT molecular complexity index is 525. The van der Waals surface area contributed by atoms with Gasteiger partial charge < -0.3 is 14.1 Å². The second-order valence-electron chi connectivity index (χ2n) is 4.64. The van der Waals surface area contributed by atoms with Gasteiger partial charge in [0.05, 0.1) is 13.5 Å². The fraction of sp³-hybridized carbons (Fsp3) is 0.429. The molecule has 0 aliphatic heterocycles. The summed E-state index contributed by atoms with van der Waals surface area (Å²) in [6.45, 7) is 0.987. The van der Waals surface area contributed by atoms with Gasteiger partial charge in [0.2, 0.25) is 5.89 Å². The molecular formula is C14H19N3O2S. The van der Waals surface area contributed by atoms with E-state index in [9.17, 15) is 0 Å². The van der Waals surface area contributed by atoms with Crippen molar-refractivity contribution >= 4 is 11.8 Å². The molecule has 0 saturated carbocycles. The number of thioether (sulfide) groups is 1. The lowest BCUT2D eigenvalue weighted by atomic mass is 10.1. The van der Waals surface area contributed by atoms with E-state index < -0.39 is 0 Å². The molecule has 0 radical (unpaired) electrons. The van der Waals surface area contributed by atoms with Crippen molar-refractivity contribution in [3.8, 4) is 5.75 Å². The minimum Gasteiger partial charge on any atom is -0.497 e. The molecule has 0 N–H and O–H groups in total. The first-order valence-electron chi connectivity index (χ1n) is 6.40. The molecular weight excluding hydrogens is 274 g/mol. The number of hydrogen-bond donors (Lipinski definition) is 0. The van der Waals surface area contributed by atoms with Gasteiger partial charge in [0.15, 0.2) is 0 Å². The van der Waals surface area contributed by atoms with Crippen LogP contribution in [0.15, 0.2) is 33.9 Å². The SMILES string of the molecule is COc1ccc(Cc2nnc(SCCN(C)C)o2)cc1. The maximum absolute atomic E-state index is 5.62. The third kappa shape index (κ3) is 4.54. The number of aromatic nitrogens is 2. The minimum absolute atomic E-state index is 0.635. The molecule has 0 fully saturated rings. The minimum atomic E-state index is 0.635. The molecule has 0 bridgehead atoms. The molecule has 2 rings (SSSR count). The molecule has 0 aliphatic rings. The Hall–Kier alpha value is -1.53. The van der Waals surface area contributed by atoms with Gasteiger partial charge in [0, 0.05) is 12.3 Å². The zero-order valence-corrected chi connectivity index (χ0v) is 12.8. The largest absolute Gasteiger partial charge is 0.497 e. The molecule has 0 unspecified atom stereocenters. The molecule has 6 heteroatoms. The van der Waals surface area contributed by atoms with Gasteiger partial charge in [-0.05, 0) is 31.8 Å². The van der Waals surface area contributed by atoms with Crippen LogP contribution in [0.1, 0.15) is 11.5 Å². The fourth-order valence-electron chi connectivity index (χ4n) is 1.60. The monoisotopic (exact) mass is 293 g/mol. The second-order valence-corrected chi connectivity index (χ2v) is 5.68. The number of benzene rings is 1. The number of ether oxygens (including phenoxy) is 1. The van der Waals surface area contributed by atoms with E-state index in [2.05, 4.69) is 15.1 Å². The number of nitrogens with zero attached hydrogens (tertiary/aromatic N) is 3. The summed E-state index contributed by atoms with van der Waals surface area (Å²) in [6.07, 6.45) is 0.644. The lowest BCUT2D eigenvalue weighted by molar-refractivity contribution is 0.412. The summed E-state index contributed by atoms with van der Waals surface area (Å²) >= 11 is 1.58. The second kappa shape index (κ2) is 7.31. The molecule has 1 heterocycles. The van der Waals surface area contributed by atoms with Crippen molar-refractivity contribution in [1.29, 1.82) is 0 Å². The van der Waals surface area contributed by atoms with Gasteiger partial charge in [-0.3, -0.25) is 0 Å². The van der Waals surface area contributed by atoms with E-state index in [0.717, 1.165) is 23.6 Å². The highest BCUT2D eigenvalue weighted by Gasteiger charge is 2.07. The molecule has 0 amide bonds. The highest BCUT2D eigenvalue weighted by atomic mass is 32.2. The van der Waals surface area contributed by atoms with E-state index in [1.807, 2.05) is 38.4 Å². The van der Waals surface area contributed by atoms with Crippen molar-refractivity contribution in [3.63, 3.8) is 0 Å². The van der Waals surface area contributed by atoms with Gasteiger partial charge in [-0.1, -0.05) is 23.9 Å². The van der Waals surface area contributed by atoms with Crippen molar-refractivity contribution in [2.24, 2.45) is 0 Å². The lowest BCUT2D eigenvalue weighted by Crippen LogP contribution is -2.14. The van der Waals surface area contributed by atoms with Gasteiger partial charge in [-0.25, -0.2) is 0 Å². The van der Waals surface area contributed by atoms with Gasteiger partial charge in [-0.2, -0.15) is 0 Å².